The molecule has 0 saturated carbocycles. The number of aldehydes is 1. The lowest BCUT2D eigenvalue weighted by atomic mass is 9.83. The Labute approximate surface area is 212 Å². The fourth-order valence-electron chi connectivity index (χ4n) is 4.88. The lowest BCUT2D eigenvalue weighted by molar-refractivity contribution is -0.113. The van der Waals surface area contributed by atoms with Crippen LogP contribution in [0.4, 0.5) is 0 Å². The van der Waals surface area contributed by atoms with Crippen molar-refractivity contribution in [2.24, 2.45) is 11.8 Å². The number of carbonyl (C=O) groups excluding carboxylic acids is 1. The molecule has 2 atom stereocenters. The van der Waals surface area contributed by atoms with Crippen molar-refractivity contribution in [2.45, 2.75) is 24.7 Å². The van der Waals surface area contributed by atoms with Gasteiger partial charge in [0.15, 0.2) is 0 Å². The number of sulfonamides is 1. The second-order valence-electron chi connectivity index (χ2n) is 9.38. The normalized spacial score (nSPS) is 18.7. The molecule has 0 N–H and O–H groups in total. The first-order chi connectivity index (χ1) is 17.5. The van der Waals surface area contributed by atoms with Crippen LogP contribution in [0.15, 0.2) is 96.0 Å². The molecule has 0 bridgehead atoms. The Bertz CT molecular complexity index is 1430. The van der Waals surface area contributed by atoms with E-state index < -0.39 is 10.0 Å². The average molecular weight is 500 g/mol. The van der Waals surface area contributed by atoms with Gasteiger partial charge in [-0.15, -0.1) is 0 Å². The van der Waals surface area contributed by atoms with Gasteiger partial charge in [0.2, 0.25) is 10.0 Å². The van der Waals surface area contributed by atoms with Crippen molar-refractivity contribution in [3.05, 3.63) is 102 Å². The molecule has 1 aliphatic rings. The average Bonchev–Trinajstić information content (AvgIpc) is 3.33. The summed E-state index contributed by atoms with van der Waals surface area (Å²) in [6.45, 7) is 2.57. The molecule has 6 nitrogen and oxygen atoms in total. The highest BCUT2D eigenvalue weighted by Crippen LogP contribution is 2.33. The molecular weight excluding hydrogens is 470 g/mol. The fourth-order valence-corrected chi connectivity index (χ4v) is 6.39. The lowest BCUT2D eigenvalue weighted by Gasteiger charge is -2.35. The highest BCUT2D eigenvalue weighted by Gasteiger charge is 2.36. The highest BCUT2D eigenvalue weighted by atomic mass is 32.2. The largest absolute Gasteiger partial charge is 0.303 e. The van der Waals surface area contributed by atoms with Gasteiger partial charge in [0.05, 0.1) is 16.3 Å². The summed E-state index contributed by atoms with van der Waals surface area (Å²) in [4.78, 5) is 12.3. The third-order valence-corrected chi connectivity index (χ3v) is 8.81. The van der Waals surface area contributed by atoms with Crippen LogP contribution >= 0.6 is 0 Å². The van der Waals surface area contributed by atoms with Crippen LogP contribution in [0.2, 0.25) is 0 Å². The van der Waals surface area contributed by atoms with Crippen LogP contribution < -0.4 is 0 Å². The van der Waals surface area contributed by atoms with Gasteiger partial charge < -0.3 is 4.79 Å². The molecular formula is C29H29N3O3S. The van der Waals surface area contributed by atoms with Crippen LogP contribution in [0.5, 0.6) is 0 Å². The number of rotatable bonds is 7. The molecule has 184 valence electrons. The Kier molecular flexibility index (Phi) is 6.85. The molecule has 0 amide bonds. The number of carbonyl (C=O) groups is 1. The van der Waals surface area contributed by atoms with Gasteiger partial charge >= 0.3 is 0 Å². The summed E-state index contributed by atoms with van der Waals surface area (Å²) in [5.41, 5.74) is 4.79. The van der Waals surface area contributed by atoms with Gasteiger partial charge in [-0.25, -0.2) is 13.1 Å². The van der Waals surface area contributed by atoms with E-state index in [0.29, 0.717) is 30.8 Å². The van der Waals surface area contributed by atoms with Crippen LogP contribution in [0.1, 0.15) is 17.5 Å². The zero-order valence-corrected chi connectivity index (χ0v) is 21.0. The molecule has 4 aromatic rings. The molecule has 36 heavy (non-hydrogen) atoms. The number of aryl methyl sites for hydroxylation is 1. The number of nitrogens with zero attached hydrogens (tertiary/aromatic N) is 3. The molecule has 5 rings (SSSR count). The van der Waals surface area contributed by atoms with Gasteiger partial charge in [-0.1, -0.05) is 66.2 Å². The monoisotopic (exact) mass is 499 g/mol. The number of piperidine rings is 1. The zero-order valence-electron chi connectivity index (χ0n) is 20.2. The number of hydrogen-bond acceptors (Lipinski definition) is 4. The summed E-state index contributed by atoms with van der Waals surface area (Å²) in [7, 11) is -3.64. The molecule has 0 spiro atoms. The third-order valence-electron chi connectivity index (χ3n) is 6.93. The first kappa shape index (κ1) is 24.2. The number of para-hydroxylation sites is 1. The van der Waals surface area contributed by atoms with E-state index in [-0.39, 0.29) is 11.8 Å². The minimum Gasteiger partial charge on any atom is -0.303 e. The summed E-state index contributed by atoms with van der Waals surface area (Å²) in [5.74, 6) is -0.356. The molecule has 7 heteroatoms. The van der Waals surface area contributed by atoms with E-state index in [2.05, 4.69) is 0 Å². The Morgan fingerprint density at radius 2 is 1.61 bits per heavy atom. The predicted molar refractivity (Wildman–Crippen MR) is 140 cm³/mol. The molecule has 1 saturated heterocycles. The maximum Gasteiger partial charge on any atom is 0.243 e. The second-order valence-corrected chi connectivity index (χ2v) is 11.3. The highest BCUT2D eigenvalue weighted by molar-refractivity contribution is 7.89. The van der Waals surface area contributed by atoms with E-state index in [1.165, 1.54) is 4.31 Å². The number of aromatic nitrogens is 2. The molecule has 3 aromatic carbocycles. The van der Waals surface area contributed by atoms with Crippen LogP contribution in [-0.2, 0) is 21.2 Å². The molecule has 0 radical (unpaired) electrons. The Balaban J connectivity index is 1.48. The number of benzene rings is 3. The molecule has 1 fully saturated rings. The lowest BCUT2D eigenvalue weighted by Crippen LogP contribution is -2.44. The van der Waals surface area contributed by atoms with Crippen LogP contribution in [0.25, 0.3) is 16.9 Å². The van der Waals surface area contributed by atoms with Crippen LogP contribution in [0.3, 0.4) is 0 Å². The predicted octanol–water partition coefficient (Wildman–Crippen LogP) is 4.92. The molecule has 1 aromatic heterocycles. The van der Waals surface area contributed by atoms with E-state index in [9.17, 15) is 13.2 Å². The van der Waals surface area contributed by atoms with Crippen LogP contribution in [-0.4, -0.2) is 41.9 Å². The molecule has 0 aliphatic carbocycles. The maximum absolute atomic E-state index is 13.4. The van der Waals surface area contributed by atoms with Crippen molar-refractivity contribution in [1.82, 2.24) is 14.1 Å². The van der Waals surface area contributed by atoms with Crippen LogP contribution in [0, 0.1) is 18.8 Å². The van der Waals surface area contributed by atoms with Crippen molar-refractivity contribution in [3.8, 4) is 16.9 Å². The Morgan fingerprint density at radius 3 is 2.28 bits per heavy atom. The summed E-state index contributed by atoms with van der Waals surface area (Å²) in [6, 6.07) is 26.8. The maximum atomic E-state index is 13.4. The molecule has 2 heterocycles. The van der Waals surface area contributed by atoms with E-state index >= 15 is 0 Å². The standard InChI is InChI=1S/C29H29N3O3S/c1-22-12-14-28(15-13-22)36(34,35)31-17-16-24(21-33)25(19-31)18-26-20-32(27-10-6-3-7-11-27)30-29(26)23-8-4-2-5-9-23/h2-15,20-21,24-25H,16-19H2,1H3/t24-,25+/m1/s1. The van der Waals surface area contributed by atoms with Gasteiger partial charge in [0, 0.05) is 30.8 Å². The topological polar surface area (TPSA) is 72.3 Å². The fraction of sp³-hybridized carbons (Fsp3) is 0.241. The Morgan fingerprint density at radius 1 is 0.944 bits per heavy atom. The SMILES string of the molecule is Cc1ccc(S(=O)(=O)N2CC[C@H](C=O)[C@@H](Cc3cn(-c4ccccc4)nc3-c3ccccc3)C2)cc1. The molecule has 1 aliphatic heterocycles. The Hall–Kier alpha value is -3.55. The van der Waals surface area contributed by atoms with Gasteiger partial charge in [-0.3, -0.25) is 0 Å². The summed E-state index contributed by atoms with van der Waals surface area (Å²) < 4.78 is 30.2. The zero-order chi connectivity index (χ0) is 25.1. The second kappa shape index (κ2) is 10.2. The van der Waals surface area contributed by atoms with Crippen molar-refractivity contribution in [3.63, 3.8) is 0 Å². The first-order valence-electron chi connectivity index (χ1n) is 12.2. The minimum atomic E-state index is -3.64. The summed E-state index contributed by atoms with van der Waals surface area (Å²) in [5, 5.41) is 4.89. The van der Waals surface area contributed by atoms with E-state index in [1.54, 1.807) is 12.1 Å². The van der Waals surface area contributed by atoms with Gasteiger partial charge in [-0.2, -0.15) is 9.40 Å². The quantitative estimate of drug-likeness (QED) is 0.339. The van der Waals surface area contributed by atoms with Crippen molar-refractivity contribution >= 4 is 16.3 Å². The van der Waals surface area contributed by atoms with Gasteiger partial charge in [-0.05, 0) is 55.5 Å². The van der Waals surface area contributed by atoms with Crippen molar-refractivity contribution < 1.29 is 13.2 Å². The van der Waals surface area contributed by atoms with Crippen molar-refractivity contribution in [2.75, 3.05) is 13.1 Å². The third kappa shape index (κ3) is 4.90. The van der Waals surface area contributed by atoms with Gasteiger partial charge in [0.1, 0.15) is 6.29 Å². The van der Waals surface area contributed by atoms with E-state index in [0.717, 1.165) is 34.4 Å². The van der Waals surface area contributed by atoms with E-state index in [1.807, 2.05) is 90.6 Å². The minimum absolute atomic E-state index is 0.146. The first-order valence-corrected chi connectivity index (χ1v) is 13.6. The summed E-state index contributed by atoms with van der Waals surface area (Å²) in [6.07, 6.45) is 4.06. The smallest absolute Gasteiger partial charge is 0.243 e. The molecule has 0 unspecified atom stereocenters. The van der Waals surface area contributed by atoms with Gasteiger partial charge in [0.25, 0.3) is 0 Å². The number of hydrogen-bond donors (Lipinski definition) is 0. The van der Waals surface area contributed by atoms with Crippen molar-refractivity contribution in [1.29, 1.82) is 0 Å². The summed E-state index contributed by atoms with van der Waals surface area (Å²) >= 11 is 0. The van der Waals surface area contributed by atoms with E-state index in [4.69, 9.17) is 5.10 Å².